The zero-order valence-corrected chi connectivity index (χ0v) is 10.6. The number of aryl methyl sites for hydroxylation is 1. The van der Waals surface area contributed by atoms with Gasteiger partial charge in [0, 0.05) is 10.7 Å². The summed E-state index contributed by atoms with van der Waals surface area (Å²) < 4.78 is 2.85. The Morgan fingerprint density at radius 2 is 2.20 bits per heavy atom. The van der Waals surface area contributed by atoms with Crippen LogP contribution in [-0.4, -0.2) is 9.78 Å². The molecule has 0 radical (unpaired) electrons. The number of alkyl halides is 1. The quantitative estimate of drug-likeness (QED) is 0.770. The SMILES string of the molecule is Cc1ccc(Br)c(-n2ccc(CCl)n2)c1. The lowest BCUT2D eigenvalue weighted by Crippen LogP contribution is -1.97. The van der Waals surface area contributed by atoms with Gasteiger partial charge in [0.1, 0.15) is 0 Å². The van der Waals surface area contributed by atoms with Gasteiger partial charge in [0.25, 0.3) is 0 Å². The van der Waals surface area contributed by atoms with Crippen molar-refractivity contribution in [2.45, 2.75) is 12.8 Å². The van der Waals surface area contributed by atoms with E-state index >= 15 is 0 Å². The van der Waals surface area contributed by atoms with Crippen molar-refractivity contribution in [3.05, 3.63) is 46.2 Å². The van der Waals surface area contributed by atoms with E-state index in [-0.39, 0.29) is 0 Å². The van der Waals surface area contributed by atoms with Crippen molar-refractivity contribution in [3.63, 3.8) is 0 Å². The molecule has 0 N–H and O–H groups in total. The Bertz CT molecular complexity index is 479. The van der Waals surface area contributed by atoms with Gasteiger partial charge in [-0.3, -0.25) is 0 Å². The third-order valence-corrected chi connectivity index (χ3v) is 3.07. The van der Waals surface area contributed by atoms with Crippen LogP contribution in [0, 0.1) is 6.92 Å². The number of aromatic nitrogens is 2. The van der Waals surface area contributed by atoms with E-state index < -0.39 is 0 Å². The Morgan fingerprint density at radius 3 is 2.87 bits per heavy atom. The van der Waals surface area contributed by atoms with Gasteiger partial charge < -0.3 is 0 Å². The topological polar surface area (TPSA) is 17.8 Å². The van der Waals surface area contributed by atoms with Crippen LogP contribution in [0.2, 0.25) is 0 Å². The van der Waals surface area contributed by atoms with E-state index in [0.717, 1.165) is 15.9 Å². The van der Waals surface area contributed by atoms with E-state index in [1.54, 1.807) is 0 Å². The van der Waals surface area contributed by atoms with Gasteiger partial charge in [-0.05, 0) is 46.6 Å². The second kappa shape index (κ2) is 4.37. The van der Waals surface area contributed by atoms with E-state index in [0.29, 0.717) is 5.88 Å². The number of benzene rings is 1. The maximum Gasteiger partial charge on any atom is 0.0790 e. The highest BCUT2D eigenvalue weighted by atomic mass is 79.9. The molecule has 0 aliphatic carbocycles. The van der Waals surface area contributed by atoms with Crippen LogP contribution in [-0.2, 0) is 5.88 Å². The fraction of sp³-hybridized carbons (Fsp3) is 0.182. The first-order valence-corrected chi connectivity index (χ1v) is 5.90. The molecule has 0 spiro atoms. The maximum atomic E-state index is 5.71. The first-order valence-electron chi connectivity index (χ1n) is 4.58. The van der Waals surface area contributed by atoms with Crippen molar-refractivity contribution in [1.82, 2.24) is 9.78 Å². The average molecular weight is 286 g/mol. The number of halogens is 2. The van der Waals surface area contributed by atoms with E-state index in [1.165, 1.54) is 5.56 Å². The van der Waals surface area contributed by atoms with Gasteiger partial charge in [-0.25, -0.2) is 4.68 Å². The minimum Gasteiger partial charge on any atom is -0.240 e. The normalized spacial score (nSPS) is 10.6. The molecule has 0 atom stereocenters. The summed E-state index contributed by atoms with van der Waals surface area (Å²) in [6.07, 6.45) is 1.91. The summed E-state index contributed by atoms with van der Waals surface area (Å²) in [6, 6.07) is 8.07. The minimum absolute atomic E-state index is 0.441. The molecule has 0 bridgehead atoms. The molecule has 0 aliphatic rings. The molecule has 78 valence electrons. The lowest BCUT2D eigenvalue weighted by atomic mass is 10.2. The Hall–Kier alpha value is -0.800. The highest BCUT2D eigenvalue weighted by Crippen LogP contribution is 2.21. The highest BCUT2D eigenvalue weighted by Gasteiger charge is 2.04. The molecular formula is C11H10BrClN2. The number of hydrogen-bond donors (Lipinski definition) is 0. The largest absolute Gasteiger partial charge is 0.240 e. The second-order valence-electron chi connectivity index (χ2n) is 3.34. The molecule has 0 unspecified atom stereocenters. The number of nitrogens with zero attached hydrogens (tertiary/aromatic N) is 2. The summed E-state index contributed by atoms with van der Waals surface area (Å²) in [6.45, 7) is 2.06. The Balaban J connectivity index is 2.48. The molecule has 15 heavy (non-hydrogen) atoms. The van der Waals surface area contributed by atoms with Crippen molar-refractivity contribution < 1.29 is 0 Å². The first-order chi connectivity index (χ1) is 7.20. The van der Waals surface area contributed by atoms with Crippen LogP contribution in [0.3, 0.4) is 0 Å². The summed E-state index contributed by atoms with van der Waals surface area (Å²) in [5.74, 6) is 0.441. The second-order valence-corrected chi connectivity index (χ2v) is 4.46. The van der Waals surface area contributed by atoms with E-state index in [4.69, 9.17) is 11.6 Å². The van der Waals surface area contributed by atoms with Crippen LogP contribution in [0.1, 0.15) is 11.3 Å². The molecule has 4 heteroatoms. The maximum absolute atomic E-state index is 5.71. The third kappa shape index (κ3) is 2.24. The molecule has 1 heterocycles. The number of hydrogen-bond acceptors (Lipinski definition) is 1. The Kier molecular flexibility index (Phi) is 3.12. The van der Waals surface area contributed by atoms with Crippen LogP contribution in [0.4, 0.5) is 0 Å². The summed E-state index contributed by atoms with van der Waals surface area (Å²) in [7, 11) is 0. The van der Waals surface area contributed by atoms with E-state index in [9.17, 15) is 0 Å². The van der Waals surface area contributed by atoms with Crippen LogP contribution >= 0.6 is 27.5 Å². The fourth-order valence-corrected chi connectivity index (χ4v) is 1.94. The van der Waals surface area contributed by atoms with Gasteiger partial charge in [0.05, 0.1) is 17.3 Å². The van der Waals surface area contributed by atoms with Gasteiger partial charge in [0.15, 0.2) is 0 Å². The van der Waals surface area contributed by atoms with Crippen LogP contribution < -0.4 is 0 Å². The fourth-order valence-electron chi connectivity index (χ4n) is 1.37. The third-order valence-electron chi connectivity index (χ3n) is 2.13. The molecule has 2 nitrogen and oxygen atoms in total. The van der Waals surface area contributed by atoms with Crippen LogP contribution in [0.5, 0.6) is 0 Å². The highest BCUT2D eigenvalue weighted by molar-refractivity contribution is 9.10. The van der Waals surface area contributed by atoms with Gasteiger partial charge in [0.2, 0.25) is 0 Å². The van der Waals surface area contributed by atoms with Crippen LogP contribution in [0.15, 0.2) is 34.9 Å². The lowest BCUT2D eigenvalue weighted by molar-refractivity contribution is 0.853. The van der Waals surface area contributed by atoms with Crippen molar-refractivity contribution in [3.8, 4) is 5.69 Å². The first kappa shape index (κ1) is 10.7. The van der Waals surface area contributed by atoms with E-state index in [1.807, 2.05) is 23.0 Å². The molecule has 0 fully saturated rings. The predicted molar refractivity (Wildman–Crippen MR) is 65.6 cm³/mol. The summed E-state index contributed by atoms with van der Waals surface area (Å²) in [4.78, 5) is 0. The predicted octanol–water partition coefficient (Wildman–Crippen LogP) is 3.68. The lowest BCUT2D eigenvalue weighted by Gasteiger charge is -2.05. The van der Waals surface area contributed by atoms with Crippen LogP contribution in [0.25, 0.3) is 5.69 Å². The van der Waals surface area contributed by atoms with Crippen molar-refractivity contribution in [2.24, 2.45) is 0 Å². The zero-order valence-electron chi connectivity index (χ0n) is 8.24. The van der Waals surface area contributed by atoms with Crippen molar-refractivity contribution in [1.29, 1.82) is 0 Å². The molecule has 1 aromatic carbocycles. The molecular weight excluding hydrogens is 275 g/mol. The van der Waals surface area contributed by atoms with Gasteiger partial charge >= 0.3 is 0 Å². The monoisotopic (exact) mass is 284 g/mol. The molecule has 0 aliphatic heterocycles. The zero-order chi connectivity index (χ0) is 10.8. The molecule has 0 amide bonds. The van der Waals surface area contributed by atoms with E-state index in [2.05, 4.69) is 40.1 Å². The molecule has 2 rings (SSSR count). The molecule has 2 aromatic rings. The molecule has 0 saturated heterocycles. The van der Waals surface area contributed by atoms with Gasteiger partial charge in [-0.2, -0.15) is 5.10 Å². The molecule has 0 saturated carbocycles. The number of rotatable bonds is 2. The summed E-state index contributed by atoms with van der Waals surface area (Å²) in [5, 5.41) is 4.36. The van der Waals surface area contributed by atoms with Gasteiger partial charge in [-0.15, -0.1) is 11.6 Å². The van der Waals surface area contributed by atoms with Crippen molar-refractivity contribution in [2.75, 3.05) is 0 Å². The minimum atomic E-state index is 0.441. The average Bonchev–Trinajstić information content (AvgIpc) is 2.70. The standard InChI is InChI=1S/C11H10BrClN2/c1-8-2-3-10(12)11(6-8)15-5-4-9(7-13)14-15/h2-6H,7H2,1H3. The van der Waals surface area contributed by atoms with Gasteiger partial charge in [-0.1, -0.05) is 6.07 Å². The Morgan fingerprint density at radius 1 is 1.40 bits per heavy atom. The summed E-state index contributed by atoms with van der Waals surface area (Å²) in [5.41, 5.74) is 3.12. The smallest absolute Gasteiger partial charge is 0.0790 e. The molecule has 1 aromatic heterocycles. The summed E-state index contributed by atoms with van der Waals surface area (Å²) >= 11 is 9.22. The Labute approximate surface area is 102 Å². The van der Waals surface area contributed by atoms with Crippen molar-refractivity contribution >= 4 is 27.5 Å².